The molecule has 0 saturated carbocycles. The Morgan fingerprint density at radius 1 is 0.903 bits per heavy atom. The first-order chi connectivity index (χ1) is 14.8. The number of nitrogens with one attached hydrogen (secondary N) is 1. The molecule has 7 heteroatoms. The minimum Gasteiger partial charge on any atom is -0.372 e. The highest BCUT2D eigenvalue weighted by Crippen LogP contribution is 2.51. The first-order valence-electron chi connectivity index (χ1n) is 9.67. The second kappa shape index (κ2) is 6.72. The molecule has 31 heavy (non-hydrogen) atoms. The standard InChI is InChI=1S/C24H17F3N2O2/c25-24(26,27)18-11-6-10-17-21(18)29(14-15-7-2-1-3-8-15)22(30)23(17,31)19-13-28-20-12-5-4-9-16(19)20/h1-13,28,31H,14H2/t23-/m0/s1. The fourth-order valence-corrected chi connectivity index (χ4v) is 4.32. The highest BCUT2D eigenvalue weighted by molar-refractivity contribution is 6.11. The van der Waals surface area contributed by atoms with Crippen molar-refractivity contribution in [1.82, 2.24) is 4.98 Å². The van der Waals surface area contributed by atoms with Gasteiger partial charge in [0.1, 0.15) is 0 Å². The minimum atomic E-state index is -4.69. The van der Waals surface area contributed by atoms with Crippen LogP contribution in [-0.2, 0) is 23.1 Å². The van der Waals surface area contributed by atoms with Crippen molar-refractivity contribution in [3.63, 3.8) is 0 Å². The van der Waals surface area contributed by atoms with Gasteiger partial charge in [0.2, 0.25) is 0 Å². The number of benzene rings is 3. The summed E-state index contributed by atoms with van der Waals surface area (Å²) >= 11 is 0. The summed E-state index contributed by atoms with van der Waals surface area (Å²) in [4.78, 5) is 17.6. The number of aromatic nitrogens is 1. The van der Waals surface area contributed by atoms with Gasteiger partial charge >= 0.3 is 6.18 Å². The Morgan fingerprint density at radius 3 is 2.35 bits per heavy atom. The van der Waals surface area contributed by atoms with E-state index >= 15 is 0 Å². The number of alkyl halides is 3. The number of amides is 1. The average Bonchev–Trinajstić information content (AvgIpc) is 3.28. The Kier molecular flexibility index (Phi) is 4.20. The van der Waals surface area contributed by atoms with Gasteiger partial charge in [-0.05, 0) is 17.7 Å². The van der Waals surface area contributed by atoms with Crippen molar-refractivity contribution in [2.75, 3.05) is 4.90 Å². The number of hydrogen-bond donors (Lipinski definition) is 2. The van der Waals surface area contributed by atoms with Crippen molar-refractivity contribution in [1.29, 1.82) is 0 Å². The molecule has 1 aromatic heterocycles. The third-order valence-corrected chi connectivity index (χ3v) is 5.72. The lowest BCUT2D eigenvalue weighted by atomic mass is 9.86. The predicted octanol–water partition coefficient (Wildman–Crippen LogP) is 4.97. The van der Waals surface area contributed by atoms with Crippen molar-refractivity contribution in [3.8, 4) is 0 Å². The van der Waals surface area contributed by atoms with E-state index in [9.17, 15) is 23.1 Å². The quantitative estimate of drug-likeness (QED) is 0.490. The van der Waals surface area contributed by atoms with Crippen LogP contribution in [0.4, 0.5) is 18.9 Å². The van der Waals surface area contributed by atoms with Crippen molar-refractivity contribution in [2.45, 2.75) is 18.3 Å². The van der Waals surface area contributed by atoms with E-state index in [0.717, 1.165) is 11.0 Å². The van der Waals surface area contributed by atoms with Crippen LogP contribution < -0.4 is 4.90 Å². The van der Waals surface area contributed by atoms with Crippen LogP contribution in [0.15, 0.2) is 79.0 Å². The van der Waals surface area contributed by atoms with Gasteiger partial charge in [-0.2, -0.15) is 13.2 Å². The molecule has 5 rings (SSSR count). The van der Waals surface area contributed by atoms with Gasteiger partial charge in [-0.1, -0.05) is 60.7 Å². The van der Waals surface area contributed by atoms with E-state index in [-0.39, 0.29) is 23.4 Å². The van der Waals surface area contributed by atoms with E-state index in [0.29, 0.717) is 16.5 Å². The smallest absolute Gasteiger partial charge is 0.372 e. The van der Waals surface area contributed by atoms with E-state index in [4.69, 9.17) is 0 Å². The van der Waals surface area contributed by atoms with Gasteiger partial charge in [0, 0.05) is 28.2 Å². The maximum Gasteiger partial charge on any atom is 0.418 e. The zero-order chi connectivity index (χ0) is 21.8. The second-order valence-corrected chi connectivity index (χ2v) is 7.53. The maximum absolute atomic E-state index is 13.9. The molecule has 0 bridgehead atoms. The molecule has 0 aliphatic carbocycles. The summed E-state index contributed by atoms with van der Waals surface area (Å²) in [5.74, 6) is -0.812. The number of aromatic amines is 1. The van der Waals surface area contributed by atoms with Crippen LogP contribution in [-0.4, -0.2) is 16.0 Å². The summed E-state index contributed by atoms with van der Waals surface area (Å²) in [5.41, 5.74) is -2.03. The number of hydrogen-bond acceptors (Lipinski definition) is 2. The SMILES string of the molecule is O=C1N(Cc2ccccc2)c2c(C(F)(F)F)cccc2[C@]1(O)c1c[nH]c2ccccc12. The fraction of sp³-hybridized carbons (Fsp3) is 0.125. The molecular weight excluding hydrogens is 405 g/mol. The second-order valence-electron chi connectivity index (χ2n) is 7.53. The van der Waals surface area contributed by atoms with Gasteiger partial charge in [-0.25, -0.2) is 0 Å². The number of fused-ring (bicyclic) bond motifs is 2. The van der Waals surface area contributed by atoms with Crippen molar-refractivity contribution in [2.24, 2.45) is 0 Å². The largest absolute Gasteiger partial charge is 0.418 e. The lowest BCUT2D eigenvalue weighted by Gasteiger charge is -2.23. The molecule has 3 aromatic carbocycles. The third kappa shape index (κ3) is 2.84. The number of aliphatic hydroxyl groups is 1. The molecule has 1 aliphatic rings. The zero-order valence-electron chi connectivity index (χ0n) is 16.1. The minimum absolute atomic E-state index is 0.0759. The van der Waals surface area contributed by atoms with Crippen LogP contribution in [0.3, 0.4) is 0 Å². The first-order valence-corrected chi connectivity index (χ1v) is 9.67. The lowest BCUT2D eigenvalue weighted by Crippen LogP contribution is -2.41. The maximum atomic E-state index is 13.9. The normalized spacial score (nSPS) is 18.6. The van der Waals surface area contributed by atoms with E-state index in [1.165, 1.54) is 18.3 Å². The summed E-state index contributed by atoms with van der Waals surface area (Å²) in [6, 6.07) is 19.3. The summed E-state index contributed by atoms with van der Waals surface area (Å²) in [6.07, 6.45) is -3.20. The molecule has 0 radical (unpaired) electrons. The van der Waals surface area contributed by atoms with Gasteiger partial charge in [0.15, 0.2) is 5.60 Å². The molecule has 4 nitrogen and oxygen atoms in total. The van der Waals surface area contributed by atoms with Gasteiger partial charge in [-0.15, -0.1) is 0 Å². The Hall–Kier alpha value is -3.58. The average molecular weight is 422 g/mol. The first kappa shape index (κ1) is 19.4. The van der Waals surface area contributed by atoms with Crippen LogP contribution in [0.25, 0.3) is 10.9 Å². The Morgan fingerprint density at radius 2 is 1.61 bits per heavy atom. The van der Waals surface area contributed by atoms with Gasteiger partial charge in [0.25, 0.3) is 5.91 Å². The zero-order valence-corrected chi connectivity index (χ0v) is 16.1. The molecule has 2 heterocycles. The third-order valence-electron chi connectivity index (χ3n) is 5.72. The number of nitrogens with zero attached hydrogens (tertiary/aromatic N) is 1. The molecule has 0 saturated heterocycles. The molecule has 0 unspecified atom stereocenters. The summed E-state index contributed by atoms with van der Waals surface area (Å²) in [5, 5.41) is 12.3. The van der Waals surface area contributed by atoms with Crippen molar-refractivity contribution >= 4 is 22.5 Å². The number of carbonyl (C=O) groups excluding carboxylic acids is 1. The molecule has 2 N–H and O–H groups in total. The Bertz CT molecular complexity index is 1300. The number of anilines is 1. The summed E-state index contributed by atoms with van der Waals surface area (Å²) in [6.45, 7) is -0.0928. The number of H-pyrrole nitrogens is 1. The number of carbonyl (C=O) groups is 1. The summed E-state index contributed by atoms with van der Waals surface area (Å²) in [7, 11) is 0. The van der Waals surface area contributed by atoms with Crippen LogP contribution in [0.5, 0.6) is 0 Å². The Balaban J connectivity index is 1.77. The number of rotatable bonds is 3. The molecule has 0 spiro atoms. The number of para-hydroxylation sites is 2. The van der Waals surface area contributed by atoms with E-state index in [1.54, 1.807) is 54.6 Å². The van der Waals surface area contributed by atoms with E-state index in [1.807, 2.05) is 0 Å². The summed E-state index contributed by atoms with van der Waals surface area (Å²) < 4.78 is 41.7. The highest BCUT2D eigenvalue weighted by atomic mass is 19.4. The molecule has 4 aromatic rings. The molecular formula is C24H17F3N2O2. The Labute approximate surface area is 175 Å². The lowest BCUT2D eigenvalue weighted by molar-refractivity contribution is -0.137. The topological polar surface area (TPSA) is 56.3 Å². The molecule has 1 aliphatic heterocycles. The van der Waals surface area contributed by atoms with Gasteiger partial charge in [0.05, 0.1) is 17.8 Å². The monoisotopic (exact) mass is 422 g/mol. The predicted molar refractivity (Wildman–Crippen MR) is 110 cm³/mol. The van der Waals surface area contributed by atoms with Crippen LogP contribution >= 0.6 is 0 Å². The fourth-order valence-electron chi connectivity index (χ4n) is 4.32. The number of halogens is 3. The highest BCUT2D eigenvalue weighted by Gasteiger charge is 2.55. The van der Waals surface area contributed by atoms with Crippen LogP contribution in [0.1, 0.15) is 22.3 Å². The van der Waals surface area contributed by atoms with Gasteiger partial charge in [-0.3, -0.25) is 4.79 Å². The molecule has 1 amide bonds. The van der Waals surface area contributed by atoms with Crippen LogP contribution in [0.2, 0.25) is 0 Å². The molecule has 156 valence electrons. The van der Waals surface area contributed by atoms with Crippen molar-refractivity contribution in [3.05, 3.63) is 101 Å². The van der Waals surface area contributed by atoms with E-state index < -0.39 is 23.2 Å². The van der Waals surface area contributed by atoms with Crippen molar-refractivity contribution < 1.29 is 23.1 Å². The molecule has 0 fully saturated rings. The van der Waals surface area contributed by atoms with Gasteiger partial charge < -0.3 is 15.0 Å². The molecule has 1 atom stereocenters. The van der Waals surface area contributed by atoms with E-state index in [2.05, 4.69) is 4.98 Å². The van der Waals surface area contributed by atoms with Crippen LogP contribution in [0, 0.1) is 0 Å².